The predicted molar refractivity (Wildman–Crippen MR) is 77.1 cm³/mol. The zero-order valence-corrected chi connectivity index (χ0v) is 12.7. The van der Waals surface area contributed by atoms with Gasteiger partial charge in [-0.2, -0.15) is 0 Å². The van der Waals surface area contributed by atoms with E-state index in [1.54, 1.807) is 0 Å². The van der Waals surface area contributed by atoms with Crippen molar-refractivity contribution in [2.24, 2.45) is 5.92 Å². The molecule has 0 saturated carbocycles. The van der Waals surface area contributed by atoms with Gasteiger partial charge < -0.3 is 9.84 Å². The number of rotatable bonds is 5. The third-order valence-electron chi connectivity index (χ3n) is 3.98. The number of nitrogens with one attached hydrogen (secondary N) is 1. The summed E-state index contributed by atoms with van der Waals surface area (Å²) in [4.78, 5) is 2.54. The second-order valence-electron chi connectivity index (χ2n) is 6.11. The highest BCUT2D eigenvalue weighted by atomic mass is 16.5. The first-order chi connectivity index (χ1) is 9.06. The normalized spacial score (nSPS) is 21.2. The standard InChI is InChI=1S/C15H27N3O/c1-11(2)16-8-14-6-5-7-18(9-14)10-15-12(3)17-19-13(15)4/h11,14,16H,5-10H2,1-4H3. The summed E-state index contributed by atoms with van der Waals surface area (Å²) < 4.78 is 5.25. The number of hydrogen-bond acceptors (Lipinski definition) is 4. The molecule has 1 aliphatic heterocycles. The van der Waals surface area contributed by atoms with Crippen LogP contribution in [0.5, 0.6) is 0 Å². The van der Waals surface area contributed by atoms with Crippen molar-refractivity contribution in [3.63, 3.8) is 0 Å². The van der Waals surface area contributed by atoms with Gasteiger partial charge in [-0.25, -0.2) is 0 Å². The molecule has 4 nitrogen and oxygen atoms in total. The molecule has 1 aliphatic rings. The first kappa shape index (κ1) is 14.5. The van der Waals surface area contributed by atoms with Crippen molar-refractivity contribution in [1.82, 2.24) is 15.4 Å². The van der Waals surface area contributed by atoms with Crippen molar-refractivity contribution in [3.05, 3.63) is 17.0 Å². The van der Waals surface area contributed by atoms with Gasteiger partial charge >= 0.3 is 0 Å². The van der Waals surface area contributed by atoms with Crippen LogP contribution < -0.4 is 5.32 Å². The lowest BCUT2D eigenvalue weighted by Gasteiger charge is -2.33. The van der Waals surface area contributed by atoms with Crippen molar-refractivity contribution in [2.45, 2.75) is 53.1 Å². The van der Waals surface area contributed by atoms with Crippen molar-refractivity contribution in [3.8, 4) is 0 Å². The molecule has 1 fully saturated rings. The van der Waals surface area contributed by atoms with Crippen LogP contribution >= 0.6 is 0 Å². The lowest BCUT2D eigenvalue weighted by Crippen LogP contribution is -2.40. The Labute approximate surface area is 116 Å². The second kappa shape index (κ2) is 6.53. The topological polar surface area (TPSA) is 41.3 Å². The van der Waals surface area contributed by atoms with Crippen LogP contribution in [0.3, 0.4) is 0 Å². The van der Waals surface area contributed by atoms with Crippen LogP contribution in [-0.2, 0) is 6.54 Å². The Morgan fingerprint density at radius 3 is 2.84 bits per heavy atom. The van der Waals surface area contributed by atoms with Crippen LogP contribution in [0.15, 0.2) is 4.52 Å². The van der Waals surface area contributed by atoms with E-state index in [-0.39, 0.29) is 0 Å². The number of nitrogens with zero attached hydrogens (tertiary/aromatic N) is 2. The molecule has 19 heavy (non-hydrogen) atoms. The SMILES string of the molecule is Cc1noc(C)c1CN1CCCC(CNC(C)C)C1. The first-order valence-corrected chi connectivity index (χ1v) is 7.43. The Hall–Kier alpha value is -0.870. The molecule has 2 rings (SSSR count). The summed E-state index contributed by atoms with van der Waals surface area (Å²) in [6, 6.07) is 0.581. The summed E-state index contributed by atoms with van der Waals surface area (Å²) in [6.07, 6.45) is 2.64. The molecule has 2 heterocycles. The molecule has 1 atom stereocenters. The Morgan fingerprint density at radius 2 is 2.21 bits per heavy atom. The maximum atomic E-state index is 5.25. The minimum atomic E-state index is 0.581. The van der Waals surface area contributed by atoms with E-state index in [9.17, 15) is 0 Å². The third kappa shape index (κ3) is 4.05. The van der Waals surface area contributed by atoms with Crippen LogP contribution in [0.1, 0.15) is 43.7 Å². The summed E-state index contributed by atoms with van der Waals surface area (Å²) in [5.74, 6) is 1.75. The summed E-state index contributed by atoms with van der Waals surface area (Å²) in [6.45, 7) is 13.0. The van der Waals surface area contributed by atoms with Crippen molar-refractivity contribution in [2.75, 3.05) is 19.6 Å². The first-order valence-electron chi connectivity index (χ1n) is 7.43. The van der Waals surface area contributed by atoms with Gasteiger partial charge in [0, 0.05) is 24.7 Å². The Morgan fingerprint density at radius 1 is 1.42 bits per heavy atom. The van der Waals surface area contributed by atoms with Gasteiger partial charge in [0.1, 0.15) is 5.76 Å². The van der Waals surface area contributed by atoms with E-state index in [1.165, 1.54) is 31.5 Å². The highest BCUT2D eigenvalue weighted by molar-refractivity contribution is 5.20. The summed E-state index contributed by atoms with van der Waals surface area (Å²) in [7, 11) is 0. The van der Waals surface area contributed by atoms with Crippen molar-refractivity contribution < 1.29 is 4.52 Å². The molecule has 0 amide bonds. The molecule has 1 saturated heterocycles. The van der Waals surface area contributed by atoms with Gasteiger partial charge in [0.25, 0.3) is 0 Å². The van der Waals surface area contributed by atoms with Crippen molar-refractivity contribution >= 4 is 0 Å². The van der Waals surface area contributed by atoms with E-state index >= 15 is 0 Å². The van der Waals surface area contributed by atoms with Crippen LogP contribution in [0, 0.1) is 19.8 Å². The third-order valence-corrected chi connectivity index (χ3v) is 3.98. The second-order valence-corrected chi connectivity index (χ2v) is 6.11. The minimum absolute atomic E-state index is 0.581. The molecule has 0 radical (unpaired) electrons. The largest absolute Gasteiger partial charge is 0.361 e. The lowest BCUT2D eigenvalue weighted by atomic mass is 9.97. The number of aromatic nitrogens is 1. The molecular weight excluding hydrogens is 238 g/mol. The maximum Gasteiger partial charge on any atom is 0.138 e. The highest BCUT2D eigenvalue weighted by Crippen LogP contribution is 2.21. The maximum absolute atomic E-state index is 5.25. The fourth-order valence-corrected chi connectivity index (χ4v) is 2.82. The smallest absolute Gasteiger partial charge is 0.138 e. The minimum Gasteiger partial charge on any atom is -0.361 e. The van der Waals surface area contributed by atoms with Gasteiger partial charge in [0.15, 0.2) is 0 Å². The van der Waals surface area contributed by atoms with Gasteiger partial charge in [-0.3, -0.25) is 4.90 Å². The van der Waals surface area contributed by atoms with E-state index in [0.717, 1.165) is 30.5 Å². The Kier molecular flexibility index (Phi) is 4.99. The van der Waals surface area contributed by atoms with Crippen LogP contribution in [0.25, 0.3) is 0 Å². The van der Waals surface area contributed by atoms with E-state index in [1.807, 2.05) is 13.8 Å². The number of aryl methyl sites for hydroxylation is 2. The monoisotopic (exact) mass is 265 g/mol. The average Bonchev–Trinajstić information content (AvgIpc) is 2.69. The highest BCUT2D eigenvalue weighted by Gasteiger charge is 2.22. The van der Waals surface area contributed by atoms with Gasteiger partial charge in [-0.15, -0.1) is 0 Å². The summed E-state index contributed by atoms with van der Waals surface area (Å²) in [5, 5.41) is 7.61. The van der Waals surface area contributed by atoms with Gasteiger partial charge in [0.2, 0.25) is 0 Å². The van der Waals surface area contributed by atoms with Crippen molar-refractivity contribution in [1.29, 1.82) is 0 Å². The zero-order valence-electron chi connectivity index (χ0n) is 12.7. The number of likely N-dealkylation sites (tertiary alicyclic amines) is 1. The van der Waals surface area contributed by atoms with Gasteiger partial charge in [0.05, 0.1) is 5.69 Å². The Balaban J connectivity index is 1.87. The molecule has 1 aromatic heterocycles. The molecule has 1 N–H and O–H groups in total. The molecule has 0 spiro atoms. The quantitative estimate of drug-likeness (QED) is 0.888. The van der Waals surface area contributed by atoms with Crippen LogP contribution in [0.2, 0.25) is 0 Å². The van der Waals surface area contributed by atoms with E-state index < -0.39 is 0 Å². The van der Waals surface area contributed by atoms with E-state index in [0.29, 0.717) is 6.04 Å². The zero-order chi connectivity index (χ0) is 13.8. The molecular formula is C15H27N3O. The Bertz CT molecular complexity index is 381. The van der Waals surface area contributed by atoms with Gasteiger partial charge in [-0.1, -0.05) is 19.0 Å². The predicted octanol–water partition coefficient (Wildman–Crippen LogP) is 2.50. The van der Waals surface area contributed by atoms with Gasteiger partial charge in [-0.05, 0) is 45.7 Å². The van der Waals surface area contributed by atoms with E-state index in [2.05, 4.69) is 29.2 Å². The van der Waals surface area contributed by atoms with Crippen LogP contribution in [-0.4, -0.2) is 35.7 Å². The van der Waals surface area contributed by atoms with E-state index in [4.69, 9.17) is 4.52 Å². The molecule has 1 aromatic rings. The number of hydrogen-bond donors (Lipinski definition) is 1. The number of piperidine rings is 1. The van der Waals surface area contributed by atoms with Crippen LogP contribution in [0.4, 0.5) is 0 Å². The molecule has 0 aromatic carbocycles. The summed E-state index contributed by atoms with van der Waals surface area (Å²) in [5.41, 5.74) is 2.32. The molecule has 108 valence electrons. The molecule has 0 aliphatic carbocycles. The fraction of sp³-hybridized carbons (Fsp3) is 0.800. The fourth-order valence-electron chi connectivity index (χ4n) is 2.82. The lowest BCUT2D eigenvalue weighted by molar-refractivity contribution is 0.163. The average molecular weight is 265 g/mol. The molecule has 1 unspecified atom stereocenters. The molecule has 4 heteroatoms. The summed E-state index contributed by atoms with van der Waals surface area (Å²) >= 11 is 0. The molecule has 0 bridgehead atoms.